The minimum Gasteiger partial charge on any atom is -0.316 e. The lowest BCUT2D eigenvalue weighted by atomic mass is 9.96. The summed E-state index contributed by atoms with van der Waals surface area (Å²) in [5, 5.41) is 3.25. The molecule has 0 radical (unpaired) electrons. The third-order valence-electron chi connectivity index (χ3n) is 3.38. The van der Waals surface area contributed by atoms with Crippen molar-refractivity contribution in [2.24, 2.45) is 5.92 Å². The van der Waals surface area contributed by atoms with Crippen molar-refractivity contribution in [1.82, 2.24) is 5.32 Å². The van der Waals surface area contributed by atoms with Crippen molar-refractivity contribution in [3.8, 4) is 0 Å². The van der Waals surface area contributed by atoms with Crippen molar-refractivity contribution < 1.29 is 9.18 Å². The van der Waals surface area contributed by atoms with Gasteiger partial charge in [0.1, 0.15) is 11.6 Å². The number of halogens is 1. The van der Waals surface area contributed by atoms with Crippen LogP contribution in [0.25, 0.3) is 0 Å². The van der Waals surface area contributed by atoms with E-state index in [9.17, 15) is 9.18 Å². The molecule has 1 atom stereocenters. The molecule has 0 saturated carbocycles. The molecule has 17 heavy (non-hydrogen) atoms. The zero-order valence-corrected chi connectivity index (χ0v) is 10.1. The third-order valence-corrected chi connectivity index (χ3v) is 3.38. The summed E-state index contributed by atoms with van der Waals surface area (Å²) >= 11 is 0. The number of carbonyl (C=O) groups is 1. The van der Waals surface area contributed by atoms with Crippen LogP contribution in [-0.2, 0) is 11.2 Å². The van der Waals surface area contributed by atoms with Crippen molar-refractivity contribution in [3.05, 3.63) is 35.1 Å². The van der Waals surface area contributed by atoms with Crippen molar-refractivity contribution in [2.75, 3.05) is 13.1 Å². The van der Waals surface area contributed by atoms with Gasteiger partial charge in [0.05, 0.1) is 0 Å². The van der Waals surface area contributed by atoms with Gasteiger partial charge in [0.15, 0.2) is 0 Å². The fourth-order valence-corrected chi connectivity index (χ4v) is 2.33. The molecule has 0 spiro atoms. The largest absolute Gasteiger partial charge is 0.316 e. The quantitative estimate of drug-likeness (QED) is 0.867. The second-order valence-corrected chi connectivity index (χ2v) is 4.85. The first kappa shape index (κ1) is 12.2. The van der Waals surface area contributed by atoms with Crippen LogP contribution in [0.3, 0.4) is 0 Å². The highest BCUT2D eigenvalue weighted by molar-refractivity contribution is 5.81. The number of hydrogen-bond donors (Lipinski definition) is 1. The van der Waals surface area contributed by atoms with E-state index >= 15 is 0 Å². The molecule has 0 bridgehead atoms. The Hall–Kier alpha value is -1.22. The lowest BCUT2D eigenvalue weighted by molar-refractivity contribution is -0.119. The Bertz CT molecular complexity index is 411. The normalized spacial score (nSPS) is 19.5. The Morgan fingerprint density at radius 3 is 3.06 bits per heavy atom. The van der Waals surface area contributed by atoms with Gasteiger partial charge in [0, 0.05) is 12.8 Å². The van der Waals surface area contributed by atoms with Crippen LogP contribution < -0.4 is 5.32 Å². The van der Waals surface area contributed by atoms with Crippen LogP contribution in [0.4, 0.5) is 4.39 Å². The summed E-state index contributed by atoms with van der Waals surface area (Å²) < 4.78 is 13.1. The molecule has 1 aliphatic rings. The van der Waals surface area contributed by atoms with Crippen LogP contribution in [0.15, 0.2) is 18.2 Å². The van der Waals surface area contributed by atoms with Gasteiger partial charge in [-0.2, -0.15) is 0 Å². The zero-order chi connectivity index (χ0) is 12.3. The average Bonchev–Trinajstić information content (AvgIpc) is 2.76. The Morgan fingerprint density at radius 2 is 2.35 bits per heavy atom. The topological polar surface area (TPSA) is 29.1 Å². The van der Waals surface area contributed by atoms with Crippen LogP contribution >= 0.6 is 0 Å². The van der Waals surface area contributed by atoms with E-state index in [1.807, 2.05) is 6.92 Å². The predicted octanol–water partition coefficient (Wildman–Crippen LogP) is 2.25. The first-order valence-corrected chi connectivity index (χ1v) is 6.12. The van der Waals surface area contributed by atoms with E-state index in [-0.39, 0.29) is 11.6 Å². The lowest BCUT2D eigenvalue weighted by Gasteiger charge is -2.08. The molecule has 0 aromatic heterocycles. The summed E-state index contributed by atoms with van der Waals surface area (Å²) in [4.78, 5) is 11.9. The zero-order valence-electron chi connectivity index (χ0n) is 10.1. The van der Waals surface area contributed by atoms with Crippen molar-refractivity contribution >= 4 is 5.78 Å². The van der Waals surface area contributed by atoms with Crippen molar-refractivity contribution in [1.29, 1.82) is 0 Å². The molecular weight excluding hydrogens is 217 g/mol. The minimum atomic E-state index is -0.263. The molecule has 1 aromatic carbocycles. The lowest BCUT2D eigenvalue weighted by Crippen LogP contribution is -2.14. The van der Waals surface area contributed by atoms with E-state index in [1.54, 1.807) is 6.07 Å². The Labute approximate surface area is 101 Å². The number of Topliss-reactive ketones (excluding diaryl/α,β-unsaturated/α-hetero) is 1. The molecule has 3 heteroatoms. The monoisotopic (exact) mass is 235 g/mol. The number of nitrogens with one attached hydrogen (secondary N) is 1. The van der Waals surface area contributed by atoms with Crippen LogP contribution in [0.2, 0.25) is 0 Å². The number of hydrogen-bond acceptors (Lipinski definition) is 2. The first-order chi connectivity index (χ1) is 8.15. The molecule has 92 valence electrons. The number of rotatable bonds is 4. The van der Waals surface area contributed by atoms with Crippen LogP contribution in [0.5, 0.6) is 0 Å². The summed E-state index contributed by atoms with van der Waals surface area (Å²) in [5.74, 6) is 0.421. The van der Waals surface area contributed by atoms with Crippen molar-refractivity contribution in [3.63, 3.8) is 0 Å². The van der Waals surface area contributed by atoms with Gasteiger partial charge < -0.3 is 5.32 Å². The standard InChI is InChI=1S/C14H18FNO/c1-10-2-3-13(15)7-12(10)8-14(17)6-11-4-5-16-9-11/h2-3,7,11,16H,4-6,8-9H2,1H3. The summed E-state index contributed by atoms with van der Waals surface area (Å²) in [6.07, 6.45) is 2.05. The fourth-order valence-electron chi connectivity index (χ4n) is 2.33. The Morgan fingerprint density at radius 1 is 1.53 bits per heavy atom. The number of ketones is 1. The highest BCUT2D eigenvalue weighted by Gasteiger charge is 2.18. The van der Waals surface area contributed by atoms with Gasteiger partial charge in [-0.3, -0.25) is 4.79 Å². The molecule has 1 fully saturated rings. The summed E-state index contributed by atoms with van der Waals surface area (Å²) in [6, 6.07) is 4.64. The molecule has 2 nitrogen and oxygen atoms in total. The summed E-state index contributed by atoms with van der Waals surface area (Å²) in [5.41, 5.74) is 1.81. The number of aryl methyl sites for hydroxylation is 1. The molecule has 0 aliphatic carbocycles. The molecule has 1 aliphatic heterocycles. The van der Waals surface area contributed by atoms with Gasteiger partial charge in [-0.1, -0.05) is 6.07 Å². The van der Waals surface area contributed by atoms with Gasteiger partial charge in [-0.25, -0.2) is 4.39 Å². The maximum Gasteiger partial charge on any atom is 0.137 e. The highest BCUT2D eigenvalue weighted by atomic mass is 19.1. The van der Waals surface area contributed by atoms with Crippen LogP contribution in [0, 0.1) is 18.7 Å². The maximum absolute atomic E-state index is 13.1. The van der Waals surface area contributed by atoms with E-state index < -0.39 is 0 Å². The first-order valence-electron chi connectivity index (χ1n) is 6.12. The van der Waals surface area contributed by atoms with E-state index in [0.29, 0.717) is 18.8 Å². The predicted molar refractivity (Wildman–Crippen MR) is 65.4 cm³/mol. The Balaban J connectivity index is 1.95. The molecule has 1 heterocycles. The average molecular weight is 235 g/mol. The molecule has 1 saturated heterocycles. The van der Waals surface area contributed by atoms with E-state index in [1.165, 1.54) is 12.1 Å². The molecule has 1 N–H and O–H groups in total. The Kier molecular flexibility index (Phi) is 3.89. The summed E-state index contributed by atoms with van der Waals surface area (Å²) in [7, 11) is 0. The maximum atomic E-state index is 13.1. The van der Waals surface area contributed by atoms with Crippen molar-refractivity contribution in [2.45, 2.75) is 26.2 Å². The van der Waals surface area contributed by atoms with Gasteiger partial charge in [-0.05, 0) is 55.6 Å². The number of carbonyl (C=O) groups excluding carboxylic acids is 1. The minimum absolute atomic E-state index is 0.215. The highest BCUT2D eigenvalue weighted by Crippen LogP contribution is 2.16. The van der Waals surface area contributed by atoms with E-state index in [4.69, 9.17) is 0 Å². The molecule has 2 rings (SSSR count). The molecule has 1 aromatic rings. The molecular formula is C14H18FNO. The summed E-state index contributed by atoms with van der Waals surface area (Å²) in [6.45, 7) is 3.87. The van der Waals surface area contributed by atoms with Gasteiger partial charge in [0.25, 0.3) is 0 Å². The fraction of sp³-hybridized carbons (Fsp3) is 0.500. The van der Waals surface area contributed by atoms with E-state index in [0.717, 1.165) is 30.6 Å². The van der Waals surface area contributed by atoms with Gasteiger partial charge in [0.2, 0.25) is 0 Å². The second kappa shape index (κ2) is 5.41. The van der Waals surface area contributed by atoms with Gasteiger partial charge in [-0.15, -0.1) is 0 Å². The molecule has 0 amide bonds. The molecule has 1 unspecified atom stereocenters. The number of benzene rings is 1. The smallest absolute Gasteiger partial charge is 0.137 e. The SMILES string of the molecule is Cc1ccc(F)cc1CC(=O)CC1CCNC1. The van der Waals surface area contributed by atoms with E-state index in [2.05, 4.69) is 5.32 Å². The van der Waals surface area contributed by atoms with Crippen LogP contribution in [0.1, 0.15) is 24.0 Å². The third kappa shape index (κ3) is 3.37. The van der Waals surface area contributed by atoms with Crippen LogP contribution in [-0.4, -0.2) is 18.9 Å². The van der Waals surface area contributed by atoms with Gasteiger partial charge >= 0.3 is 0 Å². The second-order valence-electron chi connectivity index (χ2n) is 4.85.